The van der Waals surface area contributed by atoms with E-state index in [0.29, 0.717) is 31.9 Å². The van der Waals surface area contributed by atoms with Crippen molar-refractivity contribution in [1.29, 1.82) is 0 Å². The van der Waals surface area contributed by atoms with Gasteiger partial charge in [0.05, 0.1) is 29.0 Å². The molecule has 0 radical (unpaired) electrons. The van der Waals surface area contributed by atoms with E-state index in [-0.39, 0.29) is 12.5 Å². The summed E-state index contributed by atoms with van der Waals surface area (Å²) in [6.07, 6.45) is 0. The van der Waals surface area contributed by atoms with Crippen LogP contribution in [-0.4, -0.2) is 54.7 Å². The lowest BCUT2D eigenvalue weighted by molar-refractivity contribution is -0.138. The molecule has 2 heterocycles. The van der Waals surface area contributed by atoms with Gasteiger partial charge in [-0.3, -0.25) is 4.79 Å². The van der Waals surface area contributed by atoms with Crippen LogP contribution in [0.4, 0.5) is 0 Å². The third-order valence-corrected chi connectivity index (χ3v) is 6.41. The minimum absolute atomic E-state index is 0.205. The van der Waals surface area contributed by atoms with Gasteiger partial charge in [0.2, 0.25) is 0 Å². The third kappa shape index (κ3) is 3.89. The largest absolute Gasteiger partial charge is 0.452 e. The van der Waals surface area contributed by atoms with Crippen molar-refractivity contribution in [2.24, 2.45) is 0 Å². The number of carbonyl (C=O) groups excluding carboxylic acids is 2. The Hall–Kier alpha value is -3.29. The van der Waals surface area contributed by atoms with Crippen LogP contribution < -0.4 is 0 Å². The average Bonchev–Trinajstić information content (AvgIpc) is 3.26. The molecular weight excluding hydrogens is 412 g/mol. The molecule has 0 aliphatic carbocycles. The summed E-state index contributed by atoms with van der Waals surface area (Å²) >= 11 is 1.59. The van der Waals surface area contributed by atoms with E-state index in [4.69, 9.17) is 14.5 Å². The van der Waals surface area contributed by atoms with E-state index in [0.717, 1.165) is 31.6 Å². The third-order valence-electron chi connectivity index (χ3n) is 5.34. The molecule has 0 bridgehead atoms. The van der Waals surface area contributed by atoms with Crippen molar-refractivity contribution in [3.05, 3.63) is 66.2 Å². The minimum atomic E-state index is -0.513. The van der Waals surface area contributed by atoms with Gasteiger partial charge in [-0.1, -0.05) is 42.5 Å². The fourth-order valence-electron chi connectivity index (χ4n) is 3.79. The van der Waals surface area contributed by atoms with Crippen molar-refractivity contribution in [3.8, 4) is 10.6 Å². The highest BCUT2D eigenvalue weighted by molar-refractivity contribution is 7.21. The number of ether oxygens (including phenoxy) is 2. The van der Waals surface area contributed by atoms with Crippen LogP contribution in [0.5, 0.6) is 0 Å². The molecule has 0 N–H and O–H groups in total. The first kappa shape index (κ1) is 19.7. The summed E-state index contributed by atoms with van der Waals surface area (Å²) in [5.74, 6) is -0.718. The van der Waals surface area contributed by atoms with Crippen molar-refractivity contribution in [1.82, 2.24) is 9.88 Å². The SMILES string of the molecule is O=C(OCC(=O)N1CCOCC1)c1cccc2cccc(-c3nc4ccccc4s3)c12. The summed E-state index contributed by atoms with van der Waals surface area (Å²) in [6, 6.07) is 19.4. The topological polar surface area (TPSA) is 68.7 Å². The Kier molecular flexibility index (Phi) is 5.36. The molecule has 1 aromatic heterocycles. The fourth-order valence-corrected chi connectivity index (χ4v) is 4.78. The number of morpholine rings is 1. The number of hydrogen-bond acceptors (Lipinski definition) is 6. The minimum Gasteiger partial charge on any atom is -0.452 e. The van der Waals surface area contributed by atoms with Crippen molar-refractivity contribution in [2.75, 3.05) is 32.9 Å². The number of para-hydroxylation sites is 1. The van der Waals surface area contributed by atoms with Crippen LogP contribution in [0.25, 0.3) is 31.6 Å². The number of thiazole rings is 1. The summed E-state index contributed by atoms with van der Waals surface area (Å²) in [4.78, 5) is 31.8. The molecule has 6 nitrogen and oxygen atoms in total. The van der Waals surface area contributed by atoms with Gasteiger partial charge in [-0.15, -0.1) is 11.3 Å². The quantitative estimate of drug-likeness (QED) is 0.454. The second-order valence-electron chi connectivity index (χ2n) is 7.27. The van der Waals surface area contributed by atoms with Crippen LogP contribution in [0.3, 0.4) is 0 Å². The first-order valence-corrected chi connectivity index (χ1v) is 10.9. The summed E-state index contributed by atoms with van der Waals surface area (Å²) in [5.41, 5.74) is 2.24. The number of amides is 1. The molecular formula is C24H20N2O4S. The van der Waals surface area contributed by atoms with Gasteiger partial charge in [-0.2, -0.15) is 0 Å². The van der Waals surface area contributed by atoms with Gasteiger partial charge in [0.1, 0.15) is 5.01 Å². The zero-order valence-electron chi connectivity index (χ0n) is 16.7. The monoisotopic (exact) mass is 432 g/mol. The highest BCUT2D eigenvalue weighted by Crippen LogP contribution is 2.36. The van der Waals surface area contributed by atoms with Gasteiger partial charge in [0, 0.05) is 24.0 Å². The van der Waals surface area contributed by atoms with E-state index in [9.17, 15) is 9.59 Å². The highest BCUT2D eigenvalue weighted by atomic mass is 32.1. The van der Waals surface area contributed by atoms with Crippen molar-refractivity contribution >= 4 is 44.2 Å². The molecule has 0 unspecified atom stereocenters. The maximum Gasteiger partial charge on any atom is 0.339 e. The molecule has 7 heteroatoms. The van der Waals surface area contributed by atoms with E-state index in [2.05, 4.69) is 0 Å². The number of esters is 1. The van der Waals surface area contributed by atoms with Crippen LogP contribution in [-0.2, 0) is 14.3 Å². The predicted octanol–water partition coefficient (Wildman–Crippen LogP) is 4.13. The van der Waals surface area contributed by atoms with Crippen molar-refractivity contribution in [3.63, 3.8) is 0 Å². The smallest absolute Gasteiger partial charge is 0.339 e. The van der Waals surface area contributed by atoms with E-state index in [1.165, 1.54) is 0 Å². The molecule has 1 aliphatic rings. The summed E-state index contributed by atoms with van der Waals surface area (Å²) in [6.45, 7) is 1.78. The van der Waals surface area contributed by atoms with Crippen LogP contribution in [0.15, 0.2) is 60.7 Å². The molecule has 5 rings (SSSR count). The normalized spacial score (nSPS) is 14.1. The predicted molar refractivity (Wildman–Crippen MR) is 120 cm³/mol. The lowest BCUT2D eigenvalue weighted by atomic mass is 9.99. The molecule has 1 saturated heterocycles. The number of nitrogens with zero attached hydrogens (tertiary/aromatic N) is 2. The van der Waals surface area contributed by atoms with Crippen LogP contribution in [0.1, 0.15) is 10.4 Å². The molecule has 156 valence electrons. The number of rotatable bonds is 4. The molecule has 1 amide bonds. The molecule has 31 heavy (non-hydrogen) atoms. The zero-order valence-corrected chi connectivity index (χ0v) is 17.6. The number of benzene rings is 3. The average molecular weight is 433 g/mol. The molecule has 0 saturated carbocycles. The van der Waals surface area contributed by atoms with Crippen LogP contribution in [0, 0.1) is 0 Å². The van der Waals surface area contributed by atoms with Gasteiger partial charge in [-0.25, -0.2) is 9.78 Å². The Morgan fingerprint density at radius 3 is 2.58 bits per heavy atom. The maximum absolute atomic E-state index is 13.0. The van der Waals surface area contributed by atoms with Gasteiger partial charge in [-0.05, 0) is 23.6 Å². The number of aromatic nitrogens is 1. The molecule has 0 atom stereocenters. The second kappa shape index (κ2) is 8.45. The molecule has 1 aliphatic heterocycles. The van der Waals surface area contributed by atoms with Gasteiger partial charge >= 0.3 is 5.97 Å². The summed E-state index contributed by atoms with van der Waals surface area (Å²) < 4.78 is 11.8. The Balaban J connectivity index is 1.47. The van der Waals surface area contributed by atoms with Gasteiger partial charge < -0.3 is 14.4 Å². The number of hydrogen-bond donors (Lipinski definition) is 0. The van der Waals surface area contributed by atoms with E-state index >= 15 is 0 Å². The van der Waals surface area contributed by atoms with E-state index in [1.54, 1.807) is 22.3 Å². The standard InChI is InChI=1S/C24H20N2O4S/c27-21(26-11-13-29-14-12-26)15-30-24(28)18-8-4-6-16-5-3-7-17(22(16)18)23-25-19-9-1-2-10-20(19)31-23/h1-10H,11-15H2. The molecule has 3 aromatic carbocycles. The molecule has 0 spiro atoms. The van der Waals surface area contributed by atoms with Crippen molar-refractivity contribution in [2.45, 2.75) is 0 Å². The Labute approximate surface area is 183 Å². The lowest BCUT2D eigenvalue weighted by Gasteiger charge is -2.26. The molecule has 1 fully saturated rings. The van der Waals surface area contributed by atoms with E-state index in [1.807, 2.05) is 54.6 Å². The highest BCUT2D eigenvalue weighted by Gasteiger charge is 2.21. The lowest BCUT2D eigenvalue weighted by Crippen LogP contribution is -2.42. The van der Waals surface area contributed by atoms with Gasteiger partial charge in [0.15, 0.2) is 6.61 Å². The van der Waals surface area contributed by atoms with Crippen molar-refractivity contribution < 1.29 is 19.1 Å². The number of fused-ring (bicyclic) bond motifs is 2. The van der Waals surface area contributed by atoms with E-state index < -0.39 is 5.97 Å². The molecule has 4 aromatic rings. The zero-order chi connectivity index (χ0) is 21.2. The van der Waals surface area contributed by atoms with Gasteiger partial charge in [0.25, 0.3) is 5.91 Å². The van der Waals surface area contributed by atoms with Crippen LogP contribution >= 0.6 is 11.3 Å². The Bertz CT molecular complexity index is 1240. The Morgan fingerprint density at radius 1 is 1.00 bits per heavy atom. The summed E-state index contributed by atoms with van der Waals surface area (Å²) in [5, 5.41) is 2.55. The number of carbonyl (C=O) groups is 2. The summed E-state index contributed by atoms with van der Waals surface area (Å²) in [7, 11) is 0. The maximum atomic E-state index is 13.0. The second-order valence-corrected chi connectivity index (χ2v) is 8.30. The fraction of sp³-hybridized carbons (Fsp3) is 0.208. The first-order chi connectivity index (χ1) is 15.2. The first-order valence-electron chi connectivity index (χ1n) is 10.1. The van der Waals surface area contributed by atoms with Crippen LogP contribution in [0.2, 0.25) is 0 Å². The Morgan fingerprint density at radius 2 is 1.77 bits per heavy atom.